The Morgan fingerprint density at radius 2 is 1.78 bits per heavy atom. The van der Waals surface area contributed by atoms with Crippen LogP contribution < -0.4 is 19.1 Å². The number of sulfonamides is 1. The number of rotatable bonds is 9. The van der Waals surface area contributed by atoms with E-state index >= 15 is 0 Å². The van der Waals surface area contributed by atoms with Crippen molar-refractivity contribution in [3.8, 4) is 11.5 Å². The van der Waals surface area contributed by atoms with Gasteiger partial charge in [-0.25, -0.2) is 8.42 Å². The molecule has 1 atom stereocenters. The van der Waals surface area contributed by atoms with E-state index < -0.39 is 28.5 Å². The van der Waals surface area contributed by atoms with Crippen LogP contribution in [0.3, 0.4) is 0 Å². The fraction of sp³-hybridized carbons (Fsp3) is 0.364. The SMILES string of the molecule is CCS(=O)(=O)N(CC(=O)N(Cc1ccccc1)[C@H](C)C(=O)NC)c1ccc2c(c1)OCO2. The zero-order valence-corrected chi connectivity index (χ0v) is 19.1. The number of carbonyl (C=O) groups is 2. The molecule has 1 N–H and O–H groups in total. The normalized spacial score (nSPS) is 13.3. The lowest BCUT2D eigenvalue weighted by atomic mass is 10.1. The molecule has 9 nitrogen and oxygen atoms in total. The van der Waals surface area contributed by atoms with Crippen molar-refractivity contribution in [3.05, 3.63) is 54.1 Å². The minimum absolute atomic E-state index is 0.0484. The molecule has 0 spiro atoms. The molecule has 10 heteroatoms. The average molecular weight is 462 g/mol. The van der Waals surface area contributed by atoms with E-state index in [4.69, 9.17) is 9.47 Å². The molecule has 0 radical (unpaired) electrons. The number of fused-ring (bicyclic) bond motifs is 1. The lowest BCUT2D eigenvalue weighted by Crippen LogP contribution is -2.50. The van der Waals surface area contributed by atoms with Gasteiger partial charge in [0.05, 0.1) is 11.4 Å². The number of likely N-dealkylation sites (N-methyl/N-ethyl adjacent to an activating group) is 1. The van der Waals surface area contributed by atoms with Crippen LogP contribution in [0.15, 0.2) is 48.5 Å². The monoisotopic (exact) mass is 461 g/mol. The van der Waals surface area contributed by atoms with Crippen molar-refractivity contribution in [1.82, 2.24) is 10.2 Å². The van der Waals surface area contributed by atoms with Gasteiger partial charge in [0.15, 0.2) is 11.5 Å². The molecule has 0 bridgehead atoms. The van der Waals surface area contributed by atoms with Crippen LogP contribution in [0.25, 0.3) is 0 Å². The van der Waals surface area contributed by atoms with Crippen molar-refractivity contribution in [2.75, 3.05) is 30.4 Å². The van der Waals surface area contributed by atoms with E-state index in [1.807, 2.05) is 30.3 Å². The quantitative estimate of drug-likeness (QED) is 0.610. The summed E-state index contributed by atoms with van der Waals surface area (Å²) >= 11 is 0. The number of carbonyl (C=O) groups excluding carboxylic acids is 2. The molecule has 0 aromatic heterocycles. The maximum atomic E-state index is 13.4. The van der Waals surface area contributed by atoms with Gasteiger partial charge in [-0.1, -0.05) is 30.3 Å². The third-order valence-electron chi connectivity index (χ3n) is 5.23. The molecule has 2 aromatic carbocycles. The largest absolute Gasteiger partial charge is 0.454 e. The summed E-state index contributed by atoms with van der Waals surface area (Å²) < 4.78 is 37.5. The van der Waals surface area contributed by atoms with Crippen LogP contribution in [-0.2, 0) is 26.2 Å². The number of amides is 2. The zero-order chi connectivity index (χ0) is 23.3. The predicted octanol–water partition coefficient (Wildman–Crippen LogP) is 1.73. The highest BCUT2D eigenvalue weighted by Gasteiger charge is 2.31. The smallest absolute Gasteiger partial charge is 0.244 e. The van der Waals surface area contributed by atoms with Crippen LogP contribution >= 0.6 is 0 Å². The van der Waals surface area contributed by atoms with Gasteiger partial charge >= 0.3 is 0 Å². The van der Waals surface area contributed by atoms with Gasteiger partial charge in [-0.05, 0) is 31.5 Å². The van der Waals surface area contributed by atoms with Crippen LogP contribution in [0.1, 0.15) is 19.4 Å². The van der Waals surface area contributed by atoms with Gasteiger partial charge in [0.2, 0.25) is 28.6 Å². The van der Waals surface area contributed by atoms with Gasteiger partial charge in [-0.3, -0.25) is 13.9 Å². The number of nitrogens with one attached hydrogen (secondary N) is 1. The first-order valence-corrected chi connectivity index (χ1v) is 11.8. The van der Waals surface area contributed by atoms with Crippen molar-refractivity contribution in [3.63, 3.8) is 0 Å². The molecule has 0 fully saturated rings. The van der Waals surface area contributed by atoms with Crippen molar-refractivity contribution >= 4 is 27.5 Å². The minimum atomic E-state index is -3.79. The number of ether oxygens (including phenoxy) is 2. The van der Waals surface area contributed by atoms with E-state index in [0.717, 1.165) is 9.87 Å². The van der Waals surface area contributed by atoms with Crippen LogP contribution in [0.2, 0.25) is 0 Å². The van der Waals surface area contributed by atoms with Crippen molar-refractivity contribution in [2.45, 2.75) is 26.4 Å². The fourth-order valence-corrected chi connectivity index (χ4v) is 4.39. The highest BCUT2D eigenvalue weighted by molar-refractivity contribution is 7.92. The number of benzene rings is 2. The second-order valence-corrected chi connectivity index (χ2v) is 9.42. The van der Waals surface area contributed by atoms with E-state index in [1.54, 1.807) is 19.1 Å². The predicted molar refractivity (Wildman–Crippen MR) is 120 cm³/mol. The third-order valence-corrected chi connectivity index (χ3v) is 6.97. The van der Waals surface area contributed by atoms with Crippen LogP contribution in [0.4, 0.5) is 5.69 Å². The van der Waals surface area contributed by atoms with Crippen molar-refractivity contribution in [1.29, 1.82) is 0 Å². The molecular weight excluding hydrogens is 434 g/mol. The first-order valence-electron chi connectivity index (χ1n) is 10.2. The number of hydrogen-bond donors (Lipinski definition) is 1. The van der Waals surface area contributed by atoms with Crippen LogP contribution in [0.5, 0.6) is 11.5 Å². The maximum Gasteiger partial charge on any atom is 0.244 e. The molecule has 3 rings (SSSR count). The van der Waals surface area contributed by atoms with E-state index in [-0.39, 0.29) is 30.7 Å². The Balaban J connectivity index is 1.93. The summed E-state index contributed by atoms with van der Waals surface area (Å²) in [6, 6.07) is 13.1. The topological polar surface area (TPSA) is 105 Å². The molecule has 2 aromatic rings. The Hall–Kier alpha value is -3.27. The Kier molecular flexibility index (Phi) is 7.24. The summed E-state index contributed by atoms with van der Waals surface area (Å²) in [7, 11) is -2.30. The second kappa shape index (κ2) is 9.90. The van der Waals surface area contributed by atoms with Gasteiger partial charge < -0.3 is 19.7 Å². The molecule has 32 heavy (non-hydrogen) atoms. The van der Waals surface area contributed by atoms with Gasteiger partial charge in [0.25, 0.3) is 0 Å². The highest BCUT2D eigenvalue weighted by Crippen LogP contribution is 2.36. The van der Waals surface area contributed by atoms with E-state index in [9.17, 15) is 18.0 Å². The lowest BCUT2D eigenvalue weighted by molar-refractivity contribution is -0.139. The molecule has 1 aliphatic rings. The lowest BCUT2D eigenvalue weighted by Gasteiger charge is -2.31. The maximum absolute atomic E-state index is 13.4. The van der Waals surface area contributed by atoms with E-state index in [0.29, 0.717) is 11.5 Å². The summed E-state index contributed by atoms with van der Waals surface area (Å²) in [5, 5.41) is 2.55. The average Bonchev–Trinajstić information content (AvgIpc) is 3.28. The molecule has 0 saturated heterocycles. The fourth-order valence-electron chi connectivity index (χ4n) is 3.33. The zero-order valence-electron chi connectivity index (χ0n) is 18.3. The molecule has 1 aliphatic heterocycles. The molecule has 1 heterocycles. The second-order valence-electron chi connectivity index (χ2n) is 7.24. The first kappa shape index (κ1) is 23.4. The highest BCUT2D eigenvalue weighted by atomic mass is 32.2. The van der Waals surface area contributed by atoms with Gasteiger partial charge in [-0.2, -0.15) is 0 Å². The summed E-state index contributed by atoms with van der Waals surface area (Å²) in [5.74, 6) is -0.126. The first-order chi connectivity index (χ1) is 15.3. The molecule has 172 valence electrons. The third kappa shape index (κ3) is 5.13. The molecule has 0 saturated carbocycles. The summed E-state index contributed by atoms with van der Waals surface area (Å²) in [4.78, 5) is 27.1. The molecule has 2 amide bonds. The van der Waals surface area contributed by atoms with Gasteiger partial charge in [-0.15, -0.1) is 0 Å². The Bertz CT molecular complexity index is 1070. The molecular formula is C22H27N3O6S. The molecule has 0 unspecified atom stereocenters. The Labute approximate surface area is 188 Å². The Morgan fingerprint density at radius 1 is 1.09 bits per heavy atom. The summed E-state index contributed by atoms with van der Waals surface area (Å²) in [6.45, 7) is 2.87. The minimum Gasteiger partial charge on any atom is -0.454 e. The number of hydrogen-bond acceptors (Lipinski definition) is 6. The van der Waals surface area contributed by atoms with E-state index in [1.165, 1.54) is 24.9 Å². The van der Waals surface area contributed by atoms with E-state index in [2.05, 4.69) is 5.32 Å². The van der Waals surface area contributed by atoms with Gasteiger partial charge in [0, 0.05) is 19.7 Å². The number of nitrogens with zero attached hydrogens (tertiary/aromatic N) is 2. The number of anilines is 1. The summed E-state index contributed by atoms with van der Waals surface area (Å²) in [5.41, 5.74) is 1.11. The van der Waals surface area contributed by atoms with Crippen LogP contribution in [0, 0.1) is 0 Å². The molecule has 0 aliphatic carbocycles. The Morgan fingerprint density at radius 3 is 2.44 bits per heavy atom. The summed E-state index contributed by atoms with van der Waals surface area (Å²) in [6.07, 6.45) is 0. The van der Waals surface area contributed by atoms with Crippen molar-refractivity contribution < 1.29 is 27.5 Å². The van der Waals surface area contributed by atoms with Crippen LogP contribution in [-0.4, -0.2) is 57.3 Å². The standard InChI is InChI=1S/C22H27N3O6S/c1-4-32(28,29)25(18-10-11-19-20(12-18)31-15-30-19)14-21(26)24(16(2)22(27)23-3)13-17-8-6-5-7-9-17/h5-12,16H,4,13-15H2,1-3H3,(H,23,27)/t16-/m1/s1. The van der Waals surface area contributed by atoms with Gasteiger partial charge in [0.1, 0.15) is 12.6 Å². The van der Waals surface area contributed by atoms with Crippen molar-refractivity contribution in [2.24, 2.45) is 0 Å².